The summed E-state index contributed by atoms with van der Waals surface area (Å²) >= 11 is 0. The Morgan fingerprint density at radius 1 is 1.30 bits per heavy atom. The van der Waals surface area contributed by atoms with Crippen LogP contribution in [-0.2, 0) is 20.5 Å². The van der Waals surface area contributed by atoms with E-state index in [-0.39, 0.29) is 12.2 Å². The van der Waals surface area contributed by atoms with Gasteiger partial charge in [0.1, 0.15) is 25.6 Å². The molecule has 0 N–H and O–H groups in total. The topological polar surface area (TPSA) is 95.2 Å². The number of rotatable bonds is 6. The molecule has 1 aromatic carbocycles. The molecule has 0 aromatic heterocycles. The normalized spacial score (nSPS) is 16.5. The van der Waals surface area contributed by atoms with Gasteiger partial charge in [0, 0.05) is 18.8 Å². The minimum atomic E-state index is -4.71. The van der Waals surface area contributed by atoms with Gasteiger partial charge in [0.05, 0.1) is 17.5 Å². The number of halogens is 3. The van der Waals surface area contributed by atoms with Gasteiger partial charge in [0.25, 0.3) is 10.1 Å². The summed E-state index contributed by atoms with van der Waals surface area (Å²) in [7, 11) is -1.96. The Labute approximate surface area is 171 Å². The van der Waals surface area contributed by atoms with Crippen molar-refractivity contribution in [2.45, 2.75) is 6.18 Å². The van der Waals surface area contributed by atoms with Crippen LogP contribution < -0.4 is 4.74 Å². The van der Waals surface area contributed by atoms with Crippen LogP contribution in [-0.4, -0.2) is 57.2 Å². The first kappa shape index (κ1) is 21.7. The first-order valence-electron chi connectivity index (χ1n) is 8.57. The Kier molecular flexibility index (Phi) is 5.78. The number of aliphatic imine (C=N–C) groups is 1. The number of fused-ring (bicyclic) bond motifs is 1. The van der Waals surface area contributed by atoms with E-state index in [1.807, 2.05) is 6.19 Å². The fourth-order valence-electron chi connectivity index (χ4n) is 2.89. The molecule has 0 atom stereocenters. The average Bonchev–Trinajstić information content (AvgIpc) is 3.04. The lowest BCUT2D eigenvalue weighted by molar-refractivity contribution is -0.139. The van der Waals surface area contributed by atoms with Crippen LogP contribution in [0.5, 0.6) is 5.75 Å². The van der Waals surface area contributed by atoms with Gasteiger partial charge in [0.15, 0.2) is 12.0 Å². The number of allylic oxidation sites excluding steroid dienone is 2. The molecular formula is C18H17F3N4O4S. The molecule has 2 aliphatic heterocycles. The predicted molar refractivity (Wildman–Crippen MR) is 101 cm³/mol. The number of nitriles is 1. The molecule has 0 aliphatic carbocycles. The Morgan fingerprint density at radius 3 is 2.67 bits per heavy atom. The van der Waals surface area contributed by atoms with E-state index in [1.165, 1.54) is 17.2 Å². The Morgan fingerprint density at radius 2 is 2.03 bits per heavy atom. The van der Waals surface area contributed by atoms with Crippen LogP contribution in [0.2, 0.25) is 0 Å². The summed E-state index contributed by atoms with van der Waals surface area (Å²) in [4.78, 5) is 7.20. The maximum atomic E-state index is 13.6. The Bertz CT molecular complexity index is 1090. The van der Waals surface area contributed by atoms with Gasteiger partial charge in [-0.1, -0.05) is 6.07 Å². The molecule has 0 bridgehead atoms. The number of hydrogen-bond acceptors (Lipinski definition) is 8. The quantitative estimate of drug-likeness (QED) is 0.379. The smallest absolute Gasteiger partial charge is 0.419 e. The number of ether oxygens (including phenoxy) is 1. The number of likely N-dealkylation sites (N-methyl/N-ethyl adjacent to an activating group) is 1. The van der Waals surface area contributed by atoms with Gasteiger partial charge in [-0.05, 0) is 23.8 Å². The molecular weight excluding hydrogens is 425 g/mol. The largest absolute Gasteiger partial charge is 0.490 e. The van der Waals surface area contributed by atoms with Crippen LogP contribution in [0.4, 0.5) is 13.2 Å². The molecule has 2 heterocycles. The zero-order valence-electron chi connectivity index (χ0n) is 16.0. The number of alkyl halides is 3. The predicted octanol–water partition coefficient (Wildman–Crippen LogP) is 2.38. The van der Waals surface area contributed by atoms with Gasteiger partial charge in [-0.2, -0.15) is 26.9 Å². The standard InChI is InChI=1S/C18H17F3N4O4S/c1-24-11-23-17-15(24)8-13(9-25(17)10-22)12-3-4-16(14(7-12)18(19,20)21)28-5-6-29-30(2,26)27/h3-4,7-9H,5-6,11H2,1-2H3. The third-order valence-electron chi connectivity index (χ3n) is 4.23. The van der Waals surface area contributed by atoms with Crippen molar-refractivity contribution in [3.05, 3.63) is 47.3 Å². The van der Waals surface area contributed by atoms with Crippen LogP contribution >= 0.6 is 0 Å². The summed E-state index contributed by atoms with van der Waals surface area (Å²) in [6, 6.07) is 3.50. The molecule has 12 heteroatoms. The van der Waals surface area contributed by atoms with Gasteiger partial charge in [0.2, 0.25) is 0 Å². The molecule has 30 heavy (non-hydrogen) atoms. The number of amidine groups is 1. The lowest BCUT2D eigenvalue weighted by Gasteiger charge is -2.23. The van der Waals surface area contributed by atoms with E-state index in [9.17, 15) is 26.9 Å². The van der Waals surface area contributed by atoms with Gasteiger partial charge < -0.3 is 9.64 Å². The summed E-state index contributed by atoms with van der Waals surface area (Å²) in [6.45, 7) is -0.452. The molecule has 0 spiro atoms. The third-order valence-corrected chi connectivity index (χ3v) is 4.82. The highest BCUT2D eigenvalue weighted by Crippen LogP contribution is 2.39. The van der Waals surface area contributed by atoms with E-state index in [2.05, 4.69) is 9.18 Å². The molecule has 1 aromatic rings. The van der Waals surface area contributed by atoms with Gasteiger partial charge in [-0.15, -0.1) is 0 Å². The van der Waals surface area contributed by atoms with Crippen molar-refractivity contribution in [2.24, 2.45) is 4.99 Å². The van der Waals surface area contributed by atoms with E-state index in [0.717, 1.165) is 18.4 Å². The van der Waals surface area contributed by atoms with Crippen molar-refractivity contribution in [1.29, 1.82) is 5.26 Å². The molecule has 0 fully saturated rings. The monoisotopic (exact) mass is 442 g/mol. The average molecular weight is 442 g/mol. The fourth-order valence-corrected chi connectivity index (χ4v) is 3.26. The van der Waals surface area contributed by atoms with Crippen molar-refractivity contribution in [1.82, 2.24) is 9.80 Å². The summed E-state index contributed by atoms with van der Waals surface area (Å²) in [5, 5.41) is 9.34. The molecule has 0 saturated carbocycles. The minimum Gasteiger partial charge on any atom is -0.490 e. The summed E-state index contributed by atoms with van der Waals surface area (Å²) < 4.78 is 72.2. The van der Waals surface area contributed by atoms with Crippen molar-refractivity contribution < 1.29 is 30.5 Å². The number of benzene rings is 1. The molecule has 160 valence electrons. The first-order chi connectivity index (χ1) is 14.0. The van der Waals surface area contributed by atoms with Crippen LogP contribution in [0.1, 0.15) is 11.1 Å². The van der Waals surface area contributed by atoms with Crippen LogP contribution in [0.25, 0.3) is 5.57 Å². The Balaban J connectivity index is 1.90. The van der Waals surface area contributed by atoms with E-state index in [4.69, 9.17) is 4.74 Å². The van der Waals surface area contributed by atoms with Crippen molar-refractivity contribution in [2.75, 3.05) is 33.2 Å². The van der Waals surface area contributed by atoms with Gasteiger partial charge >= 0.3 is 6.18 Å². The maximum absolute atomic E-state index is 13.6. The number of hydrogen-bond donors (Lipinski definition) is 0. The van der Waals surface area contributed by atoms with E-state index in [1.54, 1.807) is 18.0 Å². The second kappa shape index (κ2) is 8.00. The fraction of sp³-hybridized carbons (Fsp3) is 0.333. The molecule has 0 amide bonds. The molecule has 2 aliphatic rings. The highest BCUT2D eigenvalue weighted by molar-refractivity contribution is 7.85. The van der Waals surface area contributed by atoms with Crippen molar-refractivity contribution in [3.63, 3.8) is 0 Å². The molecule has 3 rings (SSSR count). The van der Waals surface area contributed by atoms with Crippen LogP contribution in [0.3, 0.4) is 0 Å². The SMILES string of the molecule is CN1CN=C2C1=CC(c1ccc(OCCOS(C)(=O)=O)c(C(F)(F)F)c1)=CN2C#N. The third kappa shape index (κ3) is 4.74. The van der Waals surface area contributed by atoms with E-state index in [0.29, 0.717) is 23.8 Å². The molecule has 0 radical (unpaired) electrons. The summed E-state index contributed by atoms with van der Waals surface area (Å²) in [5.74, 6) is -0.0181. The zero-order valence-corrected chi connectivity index (χ0v) is 16.8. The van der Waals surface area contributed by atoms with Crippen LogP contribution in [0, 0.1) is 11.5 Å². The maximum Gasteiger partial charge on any atom is 0.419 e. The summed E-state index contributed by atoms with van der Waals surface area (Å²) in [6.07, 6.45) is 1.14. The van der Waals surface area contributed by atoms with E-state index >= 15 is 0 Å². The lowest BCUT2D eigenvalue weighted by Crippen LogP contribution is -2.28. The van der Waals surface area contributed by atoms with Crippen LogP contribution in [0.15, 0.2) is 41.2 Å². The highest BCUT2D eigenvalue weighted by Gasteiger charge is 2.35. The van der Waals surface area contributed by atoms with Gasteiger partial charge in [-0.3, -0.25) is 4.18 Å². The second-order valence-electron chi connectivity index (χ2n) is 6.49. The van der Waals surface area contributed by atoms with E-state index < -0.39 is 34.2 Å². The lowest BCUT2D eigenvalue weighted by atomic mass is 9.99. The van der Waals surface area contributed by atoms with Gasteiger partial charge in [-0.25, -0.2) is 9.89 Å². The van der Waals surface area contributed by atoms with Crippen molar-refractivity contribution in [3.8, 4) is 11.9 Å². The summed E-state index contributed by atoms with van der Waals surface area (Å²) in [5.41, 5.74) is 0.230. The molecule has 8 nitrogen and oxygen atoms in total. The van der Waals surface area contributed by atoms with Crippen molar-refractivity contribution >= 4 is 21.5 Å². The molecule has 0 unspecified atom stereocenters. The zero-order chi connectivity index (χ0) is 22.1. The molecule has 0 saturated heterocycles. The first-order valence-corrected chi connectivity index (χ1v) is 10.4. The second-order valence-corrected chi connectivity index (χ2v) is 8.13. The minimum absolute atomic E-state index is 0.231. The number of nitrogens with zero attached hydrogens (tertiary/aromatic N) is 4. The Hall–Kier alpha value is -3.04. The highest BCUT2D eigenvalue weighted by atomic mass is 32.2.